The van der Waals surface area contributed by atoms with Crippen molar-refractivity contribution in [2.45, 2.75) is 26.2 Å². The highest BCUT2D eigenvalue weighted by molar-refractivity contribution is 9.10. The summed E-state index contributed by atoms with van der Waals surface area (Å²) in [4.78, 5) is 12.9. The minimum atomic E-state index is -0.0746. The zero-order chi connectivity index (χ0) is 17.1. The third-order valence-electron chi connectivity index (χ3n) is 4.47. The molecule has 0 radical (unpaired) electrons. The van der Waals surface area contributed by atoms with Crippen molar-refractivity contribution in [1.29, 1.82) is 0 Å². The molecule has 3 rings (SSSR count). The van der Waals surface area contributed by atoms with Crippen LogP contribution in [0.25, 0.3) is 10.8 Å². The number of benzene rings is 3. The van der Waals surface area contributed by atoms with E-state index >= 15 is 0 Å². The van der Waals surface area contributed by atoms with Crippen LogP contribution in [0.4, 0.5) is 5.69 Å². The highest BCUT2D eigenvalue weighted by Gasteiger charge is 2.14. The van der Waals surface area contributed by atoms with Crippen LogP contribution in [0.15, 0.2) is 65.1 Å². The molecule has 0 aromatic heterocycles. The van der Waals surface area contributed by atoms with Gasteiger partial charge in [-0.25, -0.2) is 0 Å². The molecule has 0 bridgehead atoms. The predicted molar refractivity (Wildman–Crippen MR) is 105 cm³/mol. The number of carbonyl (C=O) groups excluding carboxylic acids is 1. The molecule has 3 heteroatoms. The van der Waals surface area contributed by atoms with Gasteiger partial charge in [0.2, 0.25) is 0 Å². The van der Waals surface area contributed by atoms with Crippen molar-refractivity contribution in [2.75, 3.05) is 5.32 Å². The van der Waals surface area contributed by atoms with Crippen molar-refractivity contribution in [3.63, 3.8) is 0 Å². The van der Waals surface area contributed by atoms with E-state index in [4.69, 9.17) is 0 Å². The van der Waals surface area contributed by atoms with Crippen LogP contribution in [0.5, 0.6) is 0 Å². The van der Waals surface area contributed by atoms with Crippen molar-refractivity contribution < 1.29 is 4.79 Å². The number of halogens is 1. The second kappa shape index (κ2) is 7.18. The number of hydrogen-bond donors (Lipinski definition) is 1. The van der Waals surface area contributed by atoms with E-state index in [2.05, 4.69) is 41.2 Å². The highest BCUT2D eigenvalue weighted by atomic mass is 79.9. The van der Waals surface area contributed by atoms with Crippen molar-refractivity contribution in [1.82, 2.24) is 0 Å². The molecule has 0 unspecified atom stereocenters. The summed E-state index contributed by atoms with van der Waals surface area (Å²) in [5.41, 5.74) is 2.76. The van der Waals surface area contributed by atoms with E-state index in [1.54, 1.807) is 0 Å². The maximum absolute atomic E-state index is 12.9. The topological polar surface area (TPSA) is 29.1 Å². The maximum atomic E-state index is 12.9. The summed E-state index contributed by atoms with van der Waals surface area (Å²) in [6.45, 7) is 4.34. The highest BCUT2D eigenvalue weighted by Crippen LogP contribution is 2.29. The number of rotatable bonds is 4. The Kier molecular flexibility index (Phi) is 5.00. The van der Waals surface area contributed by atoms with Crippen molar-refractivity contribution >= 4 is 38.3 Å². The zero-order valence-corrected chi connectivity index (χ0v) is 15.4. The fourth-order valence-corrected chi connectivity index (χ4v) is 3.42. The lowest BCUT2D eigenvalue weighted by molar-refractivity contribution is 0.102. The van der Waals surface area contributed by atoms with Crippen molar-refractivity contribution in [2.24, 2.45) is 0 Å². The molecule has 0 saturated carbocycles. The van der Waals surface area contributed by atoms with Crippen LogP contribution >= 0.6 is 15.9 Å². The summed E-state index contributed by atoms with van der Waals surface area (Å²) in [6, 6.07) is 19.8. The Labute approximate surface area is 151 Å². The minimum Gasteiger partial charge on any atom is -0.322 e. The van der Waals surface area contributed by atoms with Gasteiger partial charge in [0.05, 0.1) is 0 Å². The van der Waals surface area contributed by atoms with Crippen LogP contribution in [0, 0.1) is 0 Å². The molecule has 1 N–H and O–H groups in total. The van der Waals surface area contributed by atoms with Crippen LogP contribution in [-0.2, 0) is 0 Å². The molecule has 0 aliphatic rings. The summed E-state index contributed by atoms with van der Waals surface area (Å²) in [5.74, 6) is 0.331. The Balaban J connectivity index is 1.99. The molecule has 0 heterocycles. The fourth-order valence-electron chi connectivity index (χ4n) is 2.92. The Morgan fingerprint density at radius 1 is 1.00 bits per heavy atom. The van der Waals surface area contributed by atoms with E-state index in [1.165, 1.54) is 5.56 Å². The van der Waals surface area contributed by atoms with Crippen LogP contribution in [0.1, 0.15) is 42.1 Å². The first kappa shape index (κ1) is 16.7. The average Bonchev–Trinajstić information content (AvgIpc) is 2.61. The van der Waals surface area contributed by atoms with Crippen LogP contribution in [0.3, 0.4) is 0 Å². The molecule has 24 heavy (non-hydrogen) atoms. The summed E-state index contributed by atoms with van der Waals surface area (Å²) in [6.07, 6.45) is 1.04. The molecule has 0 aliphatic carbocycles. The van der Waals surface area contributed by atoms with Gasteiger partial charge in [0.1, 0.15) is 0 Å². The summed E-state index contributed by atoms with van der Waals surface area (Å²) < 4.78 is 0.995. The second-order valence-electron chi connectivity index (χ2n) is 5.99. The molecule has 1 amide bonds. The SMILES string of the molecule is CC[C@@H](C)c1ccccc1NC(=O)c1cccc2c(Br)cccc12. The van der Waals surface area contributed by atoms with Gasteiger partial charge < -0.3 is 5.32 Å². The molecule has 122 valence electrons. The largest absolute Gasteiger partial charge is 0.322 e. The molecule has 0 spiro atoms. The third-order valence-corrected chi connectivity index (χ3v) is 5.16. The van der Waals surface area contributed by atoms with E-state index in [9.17, 15) is 4.79 Å². The number of amides is 1. The number of para-hydroxylation sites is 1. The lowest BCUT2D eigenvalue weighted by atomic mass is 9.96. The van der Waals surface area contributed by atoms with Gasteiger partial charge in [0.15, 0.2) is 0 Å². The summed E-state index contributed by atoms with van der Waals surface area (Å²) in [7, 11) is 0. The molecule has 1 atom stereocenters. The first-order valence-corrected chi connectivity index (χ1v) is 8.98. The number of carbonyl (C=O) groups is 1. The molecule has 2 nitrogen and oxygen atoms in total. The first-order valence-electron chi connectivity index (χ1n) is 8.19. The Morgan fingerprint density at radius 2 is 1.71 bits per heavy atom. The molecular formula is C21H20BrNO. The van der Waals surface area contributed by atoms with Crippen LogP contribution in [-0.4, -0.2) is 5.91 Å². The number of hydrogen-bond acceptors (Lipinski definition) is 1. The van der Waals surface area contributed by atoms with E-state index in [0.29, 0.717) is 11.5 Å². The summed E-state index contributed by atoms with van der Waals surface area (Å²) >= 11 is 3.56. The van der Waals surface area contributed by atoms with Gasteiger partial charge in [-0.3, -0.25) is 4.79 Å². The van der Waals surface area contributed by atoms with E-state index in [0.717, 1.165) is 27.4 Å². The zero-order valence-electron chi connectivity index (χ0n) is 13.8. The minimum absolute atomic E-state index is 0.0746. The molecule has 0 aliphatic heterocycles. The van der Waals surface area contributed by atoms with Gasteiger partial charge in [-0.15, -0.1) is 0 Å². The third kappa shape index (κ3) is 3.22. The maximum Gasteiger partial charge on any atom is 0.256 e. The molecule has 3 aromatic rings. The standard InChI is InChI=1S/C21H20BrNO/c1-3-14(2)15-8-4-5-13-20(15)23-21(24)18-11-6-10-17-16(18)9-7-12-19(17)22/h4-14H,3H2,1-2H3,(H,23,24)/t14-/m1/s1. The monoisotopic (exact) mass is 381 g/mol. The molecular weight excluding hydrogens is 362 g/mol. The van der Waals surface area contributed by atoms with E-state index in [1.807, 2.05) is 54.6 Å². The normalized spacial score (nSPS) is 12.1. The summed E-state index contributed by atoms with van der Waals surface area (Å²) in [5, 5.41) is 5.09. The Hall–Kier alpha value is -2.13. The van der Waals surface area contributed by atoms with E-state index in [-0.39, 0.29) is 5.91 Å². The van der Waals surface area contributed by atoms with Gasteiger partial charge in [0, 0.05) is 15.7 Å². The molecule has 0 fully saturated rings. The predicted octanol–water partition coefficient (Wildman–Crippen LogP) is 6.37. The van der Waals surface area contributed by atoms with Crippen molar-refractivity contribution in [3.05, 3.63) is 76.3 Å². The Morgan fingerprint density at radius 3 is 2.50 bits per heavy atom. The molecule has 3 aromatic carbocycles. The van der Waals surface area contributed by atoms with Crippen LogP contribution < -0.4 is 5.32 Å². The quantitative estimate of drug-likeness (QED) is 0.558. The fraction of sp³-hybridized carbons (Fsp3) is 0.190. The lowest BCUT2D eigenvalue weighted by Gasteiger charge is -2.16. The van der Waals surface area contributed by atoms with Gasteiger partial charge in [-0.1, -0.05) is 72.2 Å². The number of anilines is 1. The average molecular weight is 382 g/mol. The van der Waals surface area contributed by atoms with Crippen LogP contribution in [0.2, 0.25) is 0 Å². The second-order valence-corrected chi connectivity index (χ2v) is 6.85. The smallest absolute Gasteiger partial charge is 0.256 e. The van der Waals surface area contributed by atoms with E-state index < -0.39 is 0 Å². The number of nitrogens with one attached hydrogen (secondary N) is 1. The first-order chi connectivity index (χ1) is 11.6. The van der Waals surface area contributed by atoms with Crippen molar-refractivity contribution in [3.8, 4) is 0 Å². The van der Waals surface area contributed by atoms with Gasteiger partial charge in [-0.2, -0.15) is 0 Å². The number of fused-ring (bicyclic) bond motifs is 1. The van der Waals surface area contributed by atoms with Gasteiger partial charge >= 0.3 is 0 Å². The van der Waals surface area contributed by atoms with Gasteiger partial charge in [-0.05, 0) is 46.9 Å². The Bertz CT molecular complexity index is 888. The lowest BCUT2D eigenvalue weighted by Crippen LogP contribution is -2.14. The van der Waals surface area contributed by atoms with Gasteiger partial charge in [0.25, 0.3) is 5.91 Å². The molecule has 0 saturated heterocycles.